The highest BCUT2D eigenvalue weighted by Gasteiger charge is 2.22. The fourth-order valence-corrected chi connectivity index (χ4v) is 3.80. The predicted molar refractivity (Wildman–Crippen MR) is 127 cm³/mol. The highest BCUT2D eigenvalue weighted by Crippen LogP contribution is 2.28. The van der Waals surface area contributed by atoms with Crippen molar-refractivity contribution in [1.29, 1.82) is 0 Å². The number of nitrogens with zero attached hydrogens (tertiary/aromatic N) is 1. The van der Waals surface area contributed by atoms with E-state index in [1.165, 1.54) is 12.1 Å². The first kappa shape index (κ1) is 23.3. The third-order valence-electron chi connectivity index (χ3n) is 4.21. The minimum absolute atomic E-state index is 0.0773. The molecule has 3 aromatic carbocycles. The van der Waals surface area contributed by atoms with Crippen LogP contribution < -0.4 is 21.3 Å². The molecule has 3 aromatic rings. The number of hydrogen-bond acceptors (Lipinski definition) is 5. The quantitative estimate of drug-likeness (QED) is 0.376. The molecule has 0 unspecified atom stereocenters. The van der Waals surface area contributed by atoms with Crippen LogP contribution >= 0.6 is 0 Å². The van der Waals surface area contributed by atoms with E-state index in [4.69, 9.17) is 0 Å². The number of nitrogens with one attached hydrogen (secondary N) is 4. The minimum Gasteiger partial charge on any atom is -0.745 e. The number of hydroxylamine groups is 1. The summed E-state index contributed by atoms with van der Waals surface area (Å²) in [6, 6.07) is 19.4. The first-order valence-corrected chi connectivity index (χ1v) is 11.0. The van der Waals surface area contributed by atoms with E-state index >= 15 is 0 Å². The number of anilines is 4. The second-order valence-corrected chi connectivity index (χ2v) is 8.29. The number of hydrogen-bond donors (Lipinski definition) is 4. The fourth-order valence-electron chi connectivity index (χ4n) is 2.73. The molecule has 0 spiro atoms. The van der Waals surface area contributed by atoms with Crippen LogP contribution in [0, 0.1) is 5.21 Å². The van der Waals surface area contributed by atoms with Crippen molar-refractivity contribution in [3.8, 4) is 0 Å². The predicted octanol–water partition coefficient (Wildman–Crippen LogP) is 4.61. The van der Waals surface area contributed by atoms with Gasteiger partial charge in [-0.25, -0.2) is 18.0 Å². The topological polar surface area (TPSA) is 143 Å². The zero-order valence-electron chi connectivity index (χ0n) is 17.2. The Morgan fingerprint density at radius 3 is 1.76 bits per heavy atom. The van der Waals surface area contributed by atoms with Gasteiger partial charge in [0.05, 0.1) is 5.69 Å². The number of rotatable bonds is 7. The zero-order chi connectivity index (χ0) is 23.8. The van der Waals surface area contributed by atoms with Gasteiger partial charge in [-0.3, -0.25) is 0 Å². The molecule has 0 atom stereocenters. The maximum Gasteiger partial charge on any atom is 0.323 e. The Bertz CT molecular complexity index is 1250. The number of carbonyl (C=O) groups is 2. The van der Waals surface area contributed by atoms with Crippen molar-refractivity contribution in [3.63, 3.8) is 0 Å². The van der Waals surface area contributed by atoms with E-state index in [1.807, 2.05) is 0 Å². The molecule has 11 heteroatoms. The van der Waals surface area contributed by atoms with E-state index in [0.29, 0.717) is 17.6 Å². The molecule has 0 aromatic heterocycles. The number of sulfonamides is 1. The maximum atomic E-state index is 12.7. The van der Waals surface area contributed by atoms with E-state index in [9.17, 15) is 23.2 Å². The zero-order valence-corrected chi connectivity index (χ0v) is 18.0. The van der Waals surface area contributed by atoms with E-state index < -0.39 is 27.0 Å². The Balaban J connectivity index is 1.85. The number of urea groups is 2. The molecule has 10 nitrogen and oxygen atoms in total. The van der Waals surface area contributed by atoms with Crippen LogP contribution in [-0.2, 0) is 10.0 Å². The van der Waals surface area contributed by atoms with Crippen LogP contribution in [0.2, 0.25) is 0 Å². The lowest BCUT2D eigenvalue weighted by Gasteiger charge is -2.26. The van der Waals surface area contributed by atoms with Gasteiger partial charge < -0.3 is 30.9 Å². The molecule has 0 heterocycles. The molecule has 0 bridgehead atoms. The molecule has 170 valence electrons. The summed E-state index contributed by atoms with van der Waals surface area (Å²) in [5.74, 6) is 0. The first-order valence-electron chi connectivity index (χ1n) is 9.54. The summed E-state index contributed by atoms with van der Waals surface area (Å²) < 4.78 is 25.1. The Labute approximate surface area is 190 Å². The van der Waals surface area contributed by atoms with Crippen LogP contribution in [0.4, 0.5) is 32.3 Å². The molecule has 0 aliphatic carbocycles. The second-order valence-electron chi connectivity index (χ2n) is 6.54. The lowest BCUT2D eigenvalue weighted by atomic mass is 10.2. The Kier molecular flexibility index (Phi) is 7.28. The molecule has 0 aliphatic rings. The van der Waals surface area contributed by atoms with Gasteiger partial charge in [-0.1, -0.05) is 43.0 Å². The number of amides is 4. The Morgan fingerprint density at radius 1 is 0.758 bits per heavy atom. The lowest BCUT2D eigenvalue weighted by Crippen LogP contribution is -2.25. The molecule has 4 amide bonds. The lowest BCUT2D eigenvalue weighted by molar-refractivity contribution is 0.261. The van der Waals surface area contributed by atoms with Gasteiger partial charge in [0.25, 0.3) is 10.0 Å². The average Bonchev–Trinajstić information content (AvgIpc) is 2.80. The third-order valence-corrected chi connectivity index (χ3v) is 5.73. The van der Waals surface area contributed by atoms with Crippen molar-refractivity contribution < 1.29 is 18.0 Å². The van der Waals surface area contributed by atoms with Crippen LogP contribution in [0.3, 0.4) is 0 Å². The van der Waals surface area contributed by atoms with Gasteiger partial charge in [0.15, 0.2) is 0 Å². The van der Waals surface area contributed by atoms with Crippen molar-refractivity contribution in [1.82, 2.24) is 4.47 Å². The van der Waals surface area contributed by atoms with Crippen LogP contribution in [0.25, 0.3) is 0 Å². The average molecular weight is 466 g/mol. The largest absolute Gasteiger partial charge is 0.745 e. The fraction of sp³-hybridized carbons (Fsp3) is 0. The summed E-state index contributed by atoms with van der Waals surface area (Å²) in [7, 11) is -4.61. The van der Waals surface area contributed by atoms with Gasteiger partial charge in [0, 0.05) is 17.1 Å². The van der Waals surface area contributed by atoms with Crippen molar-refractivity contribution in [2.75, 3.05) is 21.3 Å². The number of benzene rings is 3. The summed E-state index contributed by atoms with van der Waals surface area (Å²) in [4.78, 5) is 24.1. The smallest absolute Gasteiger partial charge is 0.323 e. The number of para-hydroxylation sites is 2. The first-order chi connectivity index (χ1) is 15.8. The summed E-state index contributed by atoms with van der Waals surface area (Å²) in [5.41, 5.74) is 0.913. The van der Waals surface area contributed by atoms with Gasteiger partial charge in [-0.05, 0) is 48.7 Å². The molecule has 4 N–H and O–H groups in total. The van der Waals surface area contributed by atoms with Crippen molar-refractivity contribution in [3.05, 3.63) is 96.8 Å². The minimum atomic E-state index is -4.61. The van der Waals surface area contributed by atoms with Gasteiger partial charge >= 0.3 is 12.1 Å². The van der Waals surface area contributed by atoms with Crippen molar-refractivity contribution >= 4 is 44.8 Å². The highest BCUT2D eigenvalue weighted by molar-refractivity contribution is 7.89. The molecule has 0 saturated carbocycles. The van der Waals surface area contributed by atoms with Crippen LogP contribution in [0.5, 0.6) is 0 Å². The normalized spacial score (nSPS) is 10.6. The molecule has 0 radical (unpaired) electrons. The summed E-state index contributed by atoms with van der Waals surface area (Å²) in [6.07, 6.45) is 0.575. The molecule has 3 rings (SSSR count). The number of carbonyl (C=O) groups excluding carboxylic acids is 2. The monoisotopic (exact) mass is 466 g/mol. The van der Waals surface area contributed by atoms with Gasteiger partial charge in [-0.15, -0.1) is 0 Å². The molecule has 0 aliphatic heterocycles. The van der Waals surface area contributed by atoms with E-state index in [1.54, 1.807) is 60.7 Å². The van der Waals surface area contributed by atoms with Crippen molar-refractivity contribution in [2.45, 2.75) is 4.90 Å². The van der Waals surface area contributed by atoms with E-state index in [0.717, 1.165) is 6.07 Å². The molecular weight excluding hydrogens is 446 g/mol. The Morgan fingerprint density at radius 2 is 1.24 bits per heavy atom. The second kappa shape index (κ2) is 10.3. The highest BCUT2D eigenvalue weighted by atomic mass is 32.2. The van der Waals surface area contributed by atoms with Crippen molar-refractivity contribution in [2.24, 2.45) is 0 Å². The van der Waals surface area contributed by atoms with Crippen LogP contribution in [-0.4, -0.2) is 24.9 Å². The molecule has 33 heavy (non-hydrogen) atoms. The van der Waals surface area contributed by atoms with Gasteiger partial charge in [0.1, 0.15) is 4.90 Å². The van der Waals surface area contributed by atoms with Crippen LogP contribution in [0.15, 0.2) is 96.5 Å². The SMILES string of the molecule is C=CN([O-])S(=O)(=O)c1cc(NC(=O)Nc2ccccc2)ccc1NC(=O)Nc1ccccc1. The van der Waals surface area contributed by atoms with E-state index in [-0.39, 0.29) is 15.8 Å². The maximum absolute atomic E-state index is 12.7. The molecular formula is C22H20N5O5S-. The van der Waals surface area contributed by atoms with Gasteiger partial charge in [0.2, 0.25) is 0 Å². The molecule has 0 fully saturated rings. The summed E-state index contributed by atoms with van der Waals surface area (Å²) in [6.45, 7) is 3.17. The molecule has 0 saturated heterocycles. The van der Waals surface area contributed by atoms with Crippen LogP contribution in [0.1, 0.15) is 0 Å². The summed E-state index contributed by atoms with van der Waals surface area (Å²) in [5, 5.41) is 22.0. The van der Waals surface area contributed by atoms with E-state index in [2.05, 4.69) is 27.8 Å². The third kappa shape index (κ3) is 6.09. The van der Waals surface area contributed by atoms with Gasteiger partial charge in [-0.2, -0.15) is 0 Å². The standard InChI is InChI=1S/C22H20N5O5S/c1-2-27(30)33(31,32)20-15-18(25-21(28)23-16-9-5-3-6-10-16)13-14-19(20)26-22(29)24-17-11-7-4-8-12-17/h2-15H,1H2,(H2,23,25,28)(H2,24,26,29)/q-1. The Hall–Kier alpha value is -4.35. The summed E-state index contributed by atoms with van der Waals surface area (Å²) >= 11 is 0.